The van der Waals surface area contributed by atoms with Crippen LogP contribution < -0.4 is 0 Å². The molecule has 0 radical (unpaired) electrons. The van der Waals surface area contributed by atoms with E-state index in [9.17, 15) is 10.2 Å². The minimum atomic E-state index is -0.528. The minimum absolute atomic E-state index is 0.131. The van der Waals surface area contributed by atoms with Crippen LogP contribution in [0.1, 0.15) is 105 Å². The SMILES string of the molecule is C[C@@H]1CC[C@@H](O)C/C1=C/C=C1\CCC[C@]2(C)[C@@H]([C@H](C)CCCC(C)(C)O)CC[C@@H]12. The number of hydrogen-bond donors (Lipinski definition) is 2. The van der Waals surface area contributed by atoms with Gasteiger partial charge >= 0.3 is 0 Å². The van der Waals surface area contributed by atoms with Crippen molar-refractivity contribution in [1.29, 1.82) is 0 Å². The number of fused-ring (bicyclic) bond motifs is 1. The van der Waals surface area contributed by atoms with Crippen LogP contribution in [-0.4, -0.2) is 21.9 Å². The summed E-state index contributed by atoms with van der Waals surface area (Å²) in [6.45, 7) is 11.2. The van der Waals surface area contributed by atoms with Gasteiger partial charge in [-0.1, -0.05) is 56.9 Å². The van der Waals surface area contributed by atoms with Crippen molar-refractivity contribution in [3.63, 3.8) is 0 Å². The summed E-state index contributed by atoms with van der Waals surface area (Å²) in [5, 5.41) is 20.1. The van der Waals surface area contributed by atoms with Crippen LogP contribution in [0.2, 0.25) is 0 Å². The Morgan fingerprint density at radius 2 is 1.86 bits per heavy atom. The Balaban J connectivity index is 1.68. The summed E-state index contributed by atoms with van der Waals surface area (Å²) in [5.74, 6) is 2.94. The molecule has 0 unspecified atom stereocenters. The molecule has 0 heterocycles. The van der Waals surface area contributed by atoms with Crippen LogP contribution >= 0.6 is 0 Å². The van der Waals surface area contributed by atoms with E-state index in [2.05, 4.69) is 32.9 Å². The minimum Gasteiger partial charge on any atom is -0.393 e. The highest BCUT2D eigenvalue weighted by Gasteiger charge is 2.50. The van der Waals surface area contributed by atoms with Gasteiger partial charge in [-0.05, 0) is 101 Å². The molecule has 3 aliphatic carbocycles. The second-order valence-electron chi connectivity index (χ2n) is 11.6. The van der Waals surface area contributed by atoms with E-state index in [0.717, 1.165) is 49.9 Å². The van der Waals surface area contributed by atoms with Crippen LogP contribution in [0, 0.1) is 29.1 Å². The first kappa shape index (κ1) is 23.1. The Kier molecular flexibility index (Phi) is 7.37. The Bertz CT molecular complexity index is 611. The van der Waals surface area contributed by atoms with Gasteiger partial charge in [-0.15, -0.1) is 0 Å². The summed E-state index contributed by atoms with van der Waals surface area (Å²) in [5.41, 5.74) is 3.07. The first-order valence-electron chi connectivity index (χ1n) is 12.4. The van der Waals surface area contributed by atoms with Crippen molar-refractivity contribution in [2.24, 2.45) is 29.1 Å². The van der Waals surface area contributed by atoms with Crippen molar-refractivity contribution in [2.45, 2.75) is 117 Å². The zero-order valence-electron chi connectivity index (χ0n) is 19.7. The van der Waals surface area contributed by atoms with Crippen LogP contribution in [0.5, 0.6) is 0 Å². The third-order valence-electron chi connectivity index (χ3n) is 8.72. The third kappa shape index (κ3) is 5.56. The molecule has 3 aliphatic rings. The lowest BCUT2D eigenvalue weighted by Gasteiger charge is -2.44. The monoisotopic (exact) mass is 402 g/mol. The van der Waals surface area contributed by atoms with E-state index in [1.54, 1.807) is 5.57 Å². The van der Waals surface area contributed by atoms with E-state index in [4.69, 9.17) is 0 Å². The molecular weight excluding hydrogens is 356 g/mol. The van der Waals surface area contributed by atoms with E-state index in [-0.39, 0.29) is 6.10 Å². The third-order valence-corrected chi connectivity index (χ3v) is 8.72. The highest BCUT2D eigenvalue weighted by molar-refractivity contribution is 5.26. The molecule has 2 nitrogen and oxygen atoms in total. The zero-order valence-corrected chi connectivity index (χ0v) is 19.7. The fourth-order valence-electron chi connectivity index (χ4n) is 6.92. The van der Waals surface area contributed by atoms with Gasteiger partial charge in [0.2, 0.25) is 0 Å². The standard InChI is InChI=1S/C27H46O2/c1-19-10-13-23(28)18-22(19)12-11-21-9-7-17-27(5)24(14-15-25(21)27)20(2)8-6-16-26(3,4)29/h11-12,19-20,23-25,28-29H,6-10,13-18H2,1-5H3/b21-11+,22-12-/t19-,20-,23-,24-,25+,27-/m1/s1. The maximum absolute atomic E-state index is 10.1. The highest BCUT2D eigenvalue weighted by Crippen LogP contribution is 2.60. The molecule has 6 atom stereocenters. The maximum Gasteiger partial charge on any atom is 0.0591 e. The molecule has 0 spiro atoms. The molecule has 3 fully saturated rings. The molecular formula is C27H46O2. The summed E-state index contributed by atoms with van der Waals surface area (Å²) in [4.78, 5) is 0. The fourth-order valence-corrected chi connectivity index (χ4v) is 6.92. The van der Waals surface area contributed by atoms with Gasteiger partial charge in [0, 0.05) is 0 Å². The summed E-state index contributed by atoms with van der Waals surface area (Å²) in [7, 11) is 0. The average Bonchev–Trinajstić information content (AvgIpc) is 2.99. The van der Waals surface area contributed by atoms with Crippen LogP contribution in [0.15, 0.2) is 23.3 Å². The van der Waals surface area contributed by atoms with Crippen LogP contribution in [-0.2, 0) is 0 Å². The molecule has 29 heavy (non-hydrogen) atoms. The van der Waals surface area contributed by atoms with Gasteiger partial charge in [-0.25, -0.2) is 0 Å². The summed E-state index contributed by atoms with van der Waals surface area (Å²) < 4.78 is 0. The fraction of sp³-hybridized carbons (Fsp3) is 0.852. The van der Waals surface area contributed by atoms with Crippen molar-refractivity contribution in [1.82, 2.24) is 0 Å². The van der Waals surface area contributed by atoms with Gasteiger partial charge in [-0.2, -0.15) is 0 Å². The average molecular weight is 403 g/mol. The predicted octanol–water partition coefficient (Wildman–Crippen LogP) is 6.81. The van der Waals surface area contributed by atoms with E-state index in [1.807, 2.05) is 13.8 Å². The quantitative estimate of drug-likeness (QED) is 0.512. The van der Waals surface area contributed by atoms with Crippen molar-refractivity contribution < 1.29 is 10.2 Å². The van der Waals surface area contributed by atoms with Crippen LogP contribution in [0.4, 0.5) is 0 Å². The molecule has 0 aromatic carbocycles. The molecule has 0 aromatic rings. The molecule has 0 aromatic heterocycles. The van der Waals surface area contributed by atoms with Crippen molar-refractivity contribution in [3.05, 3.63) is 23.3 Å². The van der Waals surface area contributed by atoms with Gasteiger partial charge in [0.25, 0.3) is 0 Å². The molecule has 0 saturated heterocycles. The Labute approximate surface area is 179 Å². The highest BCUT2D eigenvalue weighted by atomic mass is 16.3. The largest absolute Gasteiger partial charge is 0.393 e. The lowest BCUT2D eigenvalue weighted by molar-refractivity contribution is 0.0596. The molecule has 0 amide bonds. The summed E-state index contributed by atoms with van der Waals surface area (Å²) >= 11 is 0. The Morgan fingerprint density at radius 1 is 1.14 bits per heavy atom. The topological polar surface area (TPSA) is 40.5 Å². The predicted molar refractivity (Wildman–Crippen MR) is 123 cm³/mol. The molecule has 0 aliphatic heterocycles. The number of aliphatic hydroxyl groups is 2. The number of aliphatic hydroxyl groups excluding tert-OH is 1. The molecule has 3 saturated carbocycles. The van der Waals surface area contributed by atoms with Crippen molar-refractivity contribution in [3.8, 4) is 0 Å². The maximum atomic E-state index is 10.1. The lowest BCUT2D eigenvalue weighted by Crippen LogP contribution is -2.36. The van der Waals surface area contributed by atoms with Crippen molar-refractivity contribution >= 4 is 0 Å². The smallest absolute Gasteiger partial charge is 0.0591 e. The number of allylic oxidation sites excluding steroid dienone is 3. The number of rotatable bonds is 6. The van der Waals surface area contributed by atoms with Gasteiger partial charge in [0.15, 0.2) is 0 Å². The van der Waals surface area contributed by atoms with E-state index >= 15 is 0 Å². The molecule has 3 rings (SSSR count). The van der Waals surface area contributed by atoms with E-state index < -0.39 is 5.60 Å². The zero-order chi connectivity index (χ0) is 21.2. The molecule has 2 heteroatoms. The van der Waals surface area contributed by atoms with Gasteiger partial charge < -0.3 is 10.2 Å². The van der Waals surface area contributed by atoms with E-state index in [0.29, 0.717) is 11.3 Å². The first-order valence-corrected chi connectivity index (χ1v) is 12.4. The van der Waals surface area contributed by atoms with Gasteiger partial charge in [0.05, 0.1) is 11.7 Å². The van der Waals surface area contributed by atoms with Gasteiger partial charge in [0.1, 0.15) is 0 Å². The summed E-state index contributed by atoms with van der Waals surface area (Å²) in [6, 6.07) is 0. The van der Waals surface area contributed by atoms with Gasteiger partial charge in [-0.3, -0.25) is 0 Å². The summed E-state index contributed by atoms with van der Waals surface area (Å²) in [6.07, 6.45) is 17.7. The second kappa shape index (κ2) is 9.27. The normalized spacial score (nSPS) is 39.7. The van der Waals surface area contributed by atoms with Crippen LogP contribution in [0.3, 0.4) is 0 Å². The first-order chi connectivity index (χ1) is 13.6. The Morgan fingerprint density at radius 3 is 2.59 bits per heavy atom. The van der Waals surface area contributed by atoms with E-state index in [1.165, 1.54) is 44.1 Å². The second-order valence-corrected chi connectivity index (χ2v) is 11.6. The molecule has 2 N–H and O–H groups in total. The molecule has 166 valence electrons. The lowest BCUT2D eigenvalue weighted by atomic mass is 9.60. The van der Waals surface area contributed by atoms with Crippen LogP contribution in [0.25, 0.3) is 0 Å². The van der Waals surface area contributed by atoms with Crippen molar-refractivity contribution in [2.75, 3.05) is 0 Å². The Hall–Kier alpha value is -0.600. The number of hydrogen-bond acceptors (Lipinski definition) is 2. The molecule has 0 bridgehead atoms.